The monoisotopic (exact) mass is 446 g/mol. The third-order valence-electron chi connectivity index (χ3n) is 6.04. The normalized spacial score (nSPS) is 20.3. The lowest BCUT2D eigenvalue weighted by Crippen LogP contribution is -2.48. The van der Waals surface area contributed by atoms with Gasteiger partial charge >= 0.3 is 5.97 Å². The topological polar surface area (TPSA) is 92.8 Å². The van der Waals surface area contributed by atoms with Gasteiger partial charge in [-0.25, -0.2) is 4.79 Å². The van der Waals surface area contributed by atoms with Crippen LogP contribution in [0.2, 0.25) is 0 Å². The number of hydrogen-bond donors (Lipinski definition) is 1. The maximum absolute atomic E-state index is 13.1. The number of nitrogens with zero attached hydrogens (tertiary/aromatic N) is 1. The highest BCUT2D eigenvalue weighted by atomic mass is 16.5. The average molecular weight is 447 g/mol. The van der Waals surface area contributed by atoms with Crippen LogP contribution in [0.15, 0.2) is 66.7 Å². The van der Waals surface area contributed by atoms with Gasteiger partial charge in [-0.15, -0.1) is 0 Å². The Balaban J connectivity index is 1.48. The van der Waals surface area contributed by atoms with Gasteiger partial charge in [-0.05, 0) is 43.0 Å². The quantitative estimate of drug-likeness (QED) is 0.401. The minimum Gasteiger partial charge on any atom is -0.454 e. The van der Waals surface area contributed by atoms with Crippen LogP contribution in [-0.4, -0.2) is 41.2 Å². The molecule has 3 amide bonds. The van der Waals surface area contributed by atoms with E-state index in [0.29, 0.717) is 18.5 Å². The molecule has 2 aromatic carbocycles. The number of fused-ring (bicyclic) bond motifs is 1. The Hall–Kier alpha value is -3.74. The van der Waals surface area contributed by atoms with Gasteiger partial charge in [0.05, 0.1) is 11.8 Å². The number of hydrogen-bond acceptors (Lipinski definition) is 5. The fourth-order valence-electron chi connectivity index (χ4n) is 4.40. The first kappa shape index (κ1) is 22.5. The van der Waals surface area contributed by atoms with Crippen LogP contribution in [0.1, 0.15) is 24.0 Å². The Morgan fingerprint density at radius 2 is 1.67 bits per heavy atom. The molecule has 2 aromatic rings. The molecule has 1 aliphatic heterocycles. The summed E-state index contributed by atoms with van der Waals surface area (Å²) in [5.41, 5.74) is 2.37. The second kappa shape index (κ2) is 9.81. The zero-order chi connectivity index (χ0) is 23.4. The highest BCUT2D eigenvalue weighted by molar-refractivity contribution is 6.08. The number of nitrogens with one attached hydrogen (secondary N) is 1. The molecule has 0 radical (unpaired) electrons. The van der Waals surface area contributed by atoms with Crippen molar-refractivity contribution in [2.45, 2.75) is 32.2 Å². The SMILES string of the molecule is Cc1cccc(NC(=O)COC(=O)[C@H](Cc2ccccc2)N2C(=O)[C@@H]3CC=CC[C@H]3C2=O)c1. The first-order valence-electron chi connectivity index (χ1n) is 11.0. The number of esters is 1. The van der Waals surface area contributed by atoms with Gasteiger partial charge in [0.2, 0.25) is 11.8 Å². The van der Waals surface area contributed by atoms with E-state index in [1.165, 1.54) is 0 Å². The molecule has 0 spiro atoms. The fourth-order valence-corrected chi connectivity index (χ4v) is 4.40. The Morgan fingerprint density at radius 1 is 1.00 bits per heavy atom. The van der Waals surface area contributed by atoms with Crippen LogP contribution in [0.4, 0.5) is 5.69 Å². The molecule has 1 heterocycles. The highest BCUT2D eigenvalue weighted by Crippen LogP contribution is 2.36. The first-order chi connectivity index (χ1) is 15.9. The number of rotatable bonds is 7. The van der Waals surface area contributed by atoms with Gasteiger partial charge in [-0.1, -0.05) is 54.6 Å². The van der Waals surface area contributed by atoms with Crippen molar-refractivity contribution in [3.8, 4) is 0 Å². The van der Waals surface area contributed by atoms with E-state index in [4.69, 9.17) is 4.74 Å². The van der Waals surface area contributed by atoms with E-state index in [2.05, 4.69) is 5.32 Å². The Labute approximate surface area is 192 Å². The van der Waals surface area contributed by atoms with Gasteiger partial charge in [-0.3, -0.25) is 19.3 Å². The molecule has 0 unspecified atom stereocenters. The predicted molar refractivity (Wildman–Crippen MR) is 122 cm³/mol. The molecular weight excluding hydrogens is 420 g/mol. The molecule has 1 saturated heterocycles. The van der Waals surface area contributed by atoms with Crippen molar-refractivity contribution < 1.29 is 23.9 Å². The Bertz CT molecular complexity index is 1070. The molecule has 0 aromatic heterocycles. The van der Waals surface area contributed by atoms with Crippen molar-refractivity contribution in [1.82, 2.24) is 4.90 Å². The summed E-state index contributed by atoms with van der Waals surface area (Å²) >= 11 is 0. The lowest BCUT2D eigenvalue weighted by atomic mass is 9.85. The number of carbonyl (C=O) groups is 4. The molecule has 33 heavy (non-hydrogen) atoms. The minimum absolute atomic E-state index is 0.128. The molecule has 2 aliphatic rings. The lowest BCUT2D eigenvalue weighted by Gasteiger charge is -2.25. The van der Waals surface area contributed by atoms with Crippen molar-refractivity contribution in [3.05, 3.63) is 77.9 Å². The van der Waals surface area contributed by atoms with E-state index in [0.717, 1.165) is 16.0 Å². The molecule has 4 rings (SSSR count). The van der Waals surface area contributed by atoms with Crippen molar-refractivity contribution >= 4 is 29.4 Å². The number of allylic oxidation sites excluding steroid dienone is 2. The summed E-state index contributed by atoms with van der Waals surface area (Å²) in [6.07, 6.45) is 4.89. The van der Waals surface area contributed by atoms with Crippen LogP contribution in [0.3, 0.4) is 0 Å². The molecule has 7 heteroatoms. The highest BCUT2D eigenvalue weighted by Gasteiger charge is 2.51. The van der Waals surface area contributed by atoms with Gasteiger partial charge in [-0.2, -0.15) is 0 Å². The molecule has 0 bridgehead atoms. The average Bonchev–Trinajstić information content (AvgIpc) is 3.07. The Kier molecular flexibility index (Phi) is 6.68. The van der Waals surface area contributed by atoms with Crippen molar-refractivity contribution in [1.29, 1.82) is 0 Å². The van der Waals surface area contributed by atoms with E-state index in [-0.39, 0.29) is 18.2 Å². The molecule has 1 N–H and O–H groups in total. The molecule has 0 saturated carbocycles. The summed E-state index contributed by atoms with van der Waals surface area (Å²) < 4.78 is 5.29. The van der Waals surface area contributed by atoms with Gasteiger partial charge in [0, 0.05) is 12.1 Å². The fraction of sp³-hybridized carbons (Fsp3) is 0.308. The third-order valence-corrected chi connectivity index (χ3v) is 6.04. The van der Waals surface area contributed by atoms with Crippen molar-refractivity contribution in [2.24, 2.45) is 11.8 Å². The third kappa shape index (κ3) is 5.03. The molecule has 3 atom stereocenters. The van der Waals surface area contributed by atoms with Crippen molar-refractivity contribution in [3.63, 3.8) is 0 Å². The maximum Gasteiger partial charge on any atom is 0.330 e. The number of anilines is 1. The van der Waals surface area contributed by atoms with Crippen LogP contribution in [0.25, 0.3) is 0 Å². The summed E-state index contributed by atoms with van der Waals surface area (Å²) in [5.74, 6) is -2.86. The van der Waals surface area contributed by atoms with Crippen LogP contribution in [-0.2, 0) is 30.3 Å². The van der Waals surface area contributed by atoms with Crippen molar-refractivity contribution in [2.75, 3.05) is 11.9 Å². The zero-order valence-electron chi connectivity index (χ0n) is 18.4. The van der Waals surface area contributed by atoms with Crippen LogP contribution >= 0.6 is 0 Å². The van der Waals surface area contributed by atoms with Crippen LogP contribution < -0.4 is 5.32 Å². The van der Waals surface area contributed by atoms with E-state index in [1.54, 1.807) is 12.1 Å². The van der Waals surface area contributed by atoms with Gasteiger partial charge in [0.1, 0.15) is 6.04 Å². The number of ether oxygens (including phenoxy) is 1. The number of likely N-dealkylation sites (tertiary alicyclic amines) is 1. The maximum atomic E-state index is 13.1. The standard InChI is InChI=1S/C26H26N2O5/c1-17-8-7-11-19(14-17)27-23(29)16-33-26(32)22(15-18-9-3-2-4-10-18)28-24(30)20-12-5-6-13-21(20)25(28)31/h2-11,14,20-22H,12-13,15-16H2,1H3,(H,27,29)/t20-,21-,22+/m1/s1. The Morgan fingerprint density at radius 3 is 2.30 bits per heavy atom. The first-order valence-corrected chi connectivity index (χ1v) is 11.0. The summed E-state index contributed by atoms with van der Waals surface area (Å²) in [5, 5.41) is 2.68. The number of imide groups is 1. The van der Waals surface area contributed by atoms with E-state index >= 15 is 0 Å². The minimum atomic E-state index is -1.12. The van der Waals surface area contributed by atoms with Gasteiger partial charge < -0.3 is 10.1 Å². The number of amides is 3. The predicted octanol–water partition coefficient (Wildman–Crippen LogP) is 3.04. The number of benzene rings is 2. The smallest absolute Gasteiger partial charge is 0.330 e. The second-order valence-corrected chi connectivity index (χ2v) is 8.43. The molecule has 170 valence electrons. The second-order valence-electron chi connectivity index (χ2n) is 8.43. The zero-order valence-corrected chi connectivity index (χ0v) is 18.4. The van der Waals surface area contributed by atoms with Crippen LogP contribution in [0, 0.1) is 18.8 Å². The summed E-state index contributed by atoms with van der Waals surface area (Å²) in [6, 6.07) is 15.3. The number of aryl methyl sites for hydroxylation is 1. The lowest BCUT2D eigenvalue weighted by molar-refractivity contribution is -0.159. The van der Waals surface area contributed by atoms with E-state index < -0.39 is 36.4 Å². The summed E-state index contributed by atoms with van der Waals surface area (Å²) in [6.45, 7) is 1.39. The summed E-state index contributed by atoms with van der Waals surface area (Å²) in [4.78, 5) is 52.6. The van der Waals surface area contributed by atoms with Gasteiger partial charge in [0.15, 0.2) is 6.61 Å². The van der Waals surface area contributed by atoms with Crippen LogP contribution in [0.5, 0.6) is 0 Å². The molecule has 1 fully saturated rings. The van der Waals surface area contributed by atoms with E-state index in [9.17, 15) is 19.2 Å². The summed E-state index contributed by atoms with van der Waals surface area (Å²) in [7, 11) is 0. The molecule has 1 aliphatic carbocycles. The molecule has 7 nitrogen and oxygen atoms in total. The van der Waals surface area contributed by atoms with Gasteiger partial charge in [0.25, 0.3) is 5.91 Å². The largest absolute Gasteiger partial charge is 0.454 e. The number of carbonyl (C=O) groups excluding carboxylic acids is 4. The molecular formula is C26H26N2O5. The van der Waals surface area contributed by atoms with E-state index in [1.807, 2.05) is 61.5 Å².